The second-order valence-electron chi connectivity index (χ2n) is 4.45. The summed E-state index contributed by atoms with van der Waals surface area (Å²) < 4.78 is 5.47. The highest BCUT2D eigenvalue weighted by atomic mass is 32.2. The first kappa shape index (κ1) is 17.9. The van der Waals surface area contributed by atoms with Crippen LogP contribution in [0.3, 0.4) is 0 Å². The molecular formula is C14H17N3O3S3. The minimum atomic E-state index is -0.285. The quantitative estimate of drug-likeness (QED) is 0.414. The Hall–Kier alpha value is -1.45. The molecule has 0 atom stereocenters. The Morgan fingerprint density at radius 2 is 2.26 bits per heavy atom. The number of esters is 1. The summed E-state index contributed by atoms with van der Waals surface area (Å²) in [6.45, 7) is 2.13. The minimum Gasteiger partial charge on any atom is -0.465 e. The fourth-order valence-electron chi connectivity index (χ4n) is 1.70. The SMILES string of the molecule is CCOC(=O)CSc1nnc(NC(=O)CCCc2cccs2)s1. The lowest BCUT2D eigenvalue weighted by atomic mass is 10.2. The number of nitrogens with zero attached hydrogens (tertiary/aromatic N) is 2. The summed E-state index contributed by atoms with van der Waals surface area (Å²) >= 11 is 4.21. The molecule has 1 N–H and O–H groups in total. The molecule has 23 heavy (non-hydrogen) atoms. The summed E-state index contributed by atoms with van der Waals surface area (Å²) in [6.07, 6.45) is 2.15. The number of aromatic nitrogens is 2. The highest BCUT2D eigenvalue weighted by molar-refractivity contribution is 8.01. The maximum atomic E-state index is 11.9. The Labute approximate surface area is 146 Å². The van der Waals surface area contributed by atoms with E-state index in [1.807, 2.05) is 11.4 Å². The molecular weight excluding hydrogens is 354 g/mol. The minimum absolute atomic E-state index is 0.0698. The number of amides is 1. The van der Waals surface area contributed by atoms with Crippen molar-refractivity contribution >= 4 is 51.4 Å². The lowest BCUT2D eigenvalue weighted by Gasteiger charge is -2.00. The molecule has 0 fully saturated rings. The van der Waals surface area contributed by atoms with Crippen molar-refractivity contribution in [3.63, 3.8) is 0 Å². The van der Waals surface area contributed by atoms with E-state index in [0.29, 0.717) is 22.5 Å². The monoisotopic (exact) mass is 371 g/mol. The Bertz CT molecular complexity index is 628. The van der Waals surface area contributed by atoms with Crippen LogP contribution in [-0.4, -0.2) is 34.4 Å². The van der Waals surface area contributed by atoms with Crippen LogP contribution in [0.5, 0.6) is 0 Å². The number of anilines is 1. The van der Waals surface area contributed by atoms with Crippen molar-refractivity contribution in [3.05, 3.63) is 22.4 Å². The van der Waals surface area contributed by atoms with Crippen LogP contribution in [0.1, 0.15) is 24.6 Å². The van der Waals surface area contributed by atoms with E-state index in [2.05, 4.69) is 21.6 Å². The largest absolute Gasteiger partial charge is 0.465 e. The average Bonchev–Trinajstić information content (AvgIpc) is 3.17. The van der Waals surface area contributed by atoms with Crippen LogP contribution in [0.25, 0.3) is 0 Å². The molecule has 1 amide bonds. The molecule has 124 valence electrons. The number of aryl methyl sites for hydroxylation is 1. The number of nitrogens with one attached hydrogen (secondary N) is 1. The van der Waals surface area contributed by atoms with Crippen molar-refractivity contribution in [1.29, 1.82) is 0 Å². The molecule has 0 aromatic carbocycles. The number of hydrogen-bond acceptors (Lipinski definition) is 8. The second-order valence-corrected chi connectivity index (χ2v) is 7.68. The molecule has 0 unspecified atom stereocenters. The lowest BCUT2D eigenvalue weighted by molar-refractivity contribution is -0.139. The van der Waals surface area contributed by atoms with E-state index in [1.165, 1.54) is 28.0 Å². The fourth-order valence-corrected chi connectivity index (χ4v) is 4.02. The summed E-state index contributed by atoms with van der Waals surface area (Å²) in [5.74, 6) is -0.163. The molecule has 2 aromatic heterocycles. The number of rotatable bonds is 9. The molecule has 0 saturated heterocycles. The summed E-state index contributed by atoms with van der Waals surface area (Å²) in [5.41, 5.74) is 0. The highest BCUT2D eigenvalue weighted by Crippen LogP contribution is 2.25. The Morgan fingerprint density at radius 3 is 3.00 bits per heavy atom. The van der Waals surface area contributed by atoms with Crippen molar-refractivity contribution in [1.82, 2.24) is 10.2 Å². The van der Waals surface area contributed by atoms with Crippen LogP contribution in [0.15, 0.2) is 21.9 Å². The van der Waals surface area contributed by atoms with Gasteiger partial charge in [-0.1, -0.05) is 29.2 Å². The lowest BCUT2D eigenvalue weighted by Crippen LogP contribution is -2.11. The summed E-state index contributed by atoms with van der Waals surface area (Å²) in [4.78, 5) is 24.4. The van der Waals surface area contributed by atoms with E-state index < -0.39 is 0 Å². The normalized spacial score (nSPS) is 10.5. The second kappa shape index (κ2) is 9.64. The van der Waals surface area contributed by atoms with E-state index in [9.17, 15) is 9.59 Å². The van der Waals surface area contributed by atoms with E-state index in [4.69, 9.17) is 4.74 Å². The summed E-state index contributed by atoms with van der Waals surface area (Å²) in [7, 11) is 0. The van der Waals surface area contributed by atoms with Gasteiger partial charge in [0.2, 0.25) is 11.0 Å². The van der Waals surface area contributed by atoms with Gasteiger partial charge >= 0.3 is 5.97 Å². The van der Waals surface area contributed by atoms with E-state index in [0.717, 1.165) is 12.8 Å². The van der Waals surface area contributed by atoms with E-state index >= 15 is 0 Å². The third-order valence-electron chi connectivity index (χ3n) is 2.68. The predicted octanol–water partition coefficient (Wildman–Crippen LogP) is 3.22. The first-order chi connectivity index (χ1) is 11.2. The first-order valence-corrected chi connectivity index (χ1v) is 9.79. The van der Waals surface area contributed by atoms with Gasteiger partial charge in [0.15, 0.2) is 4.34 Å². The topological polar surface area (TPSA) is 81.2 Å². The van der Waals surface area contributed by atoms with Gasteiger partial charge in [0.05, 0.1) is 12.4 Å². The standard InChI is InChI=1S/C14H17N3O3S3/c1-2-20-12(19)9-22-14-17-16-13(23-14)15-11(18)7-3-5-10-6-4-8-21-10/h4,6,8H,2-3,5,7,9H2,1H3,(H,15,16,18). The first-order valence-electron chi connectivity index (χ1n) is 7.11. The zero-order valence-corrected chi connectivity index (χ0v) is 15.1. The van der Waals surface area contributed by atoms with Gasteiger partial charge in [-0.2, -0.15) is 0 Å². The van der Waals surface area contributed by atoms with Gasteiger partial charge in [-0.3, -0.25) is 9.59 Å². The highest BCUT2D eigenvalue weighted by Gasteiger charge is 2.11. The van der Waals surface area contributed by atoms with Gasteiger partial charge in [0.25, 0.3) is 0 Å². The van der Waals surface area contributed by atoms with Crippen molar-refractivity contribution in [2.24, 2.45) is 0 Å². The molecule has 6 nitrogen and oxygen atoms in total. The van der Waals surface area contributed by atoms with E-state index in [-0.39, 0.29) is 17.6 Å². The van der Waals surface area contributed by atoms with Gasteiger partial charge in [-0.05, 0) is 31.2 Å². The Balaban J connectivity index is 1.68. The third-order valence-corrected chi connectivity index (χ3v) is 5.56. The number of carbonyl (C=O) groups is 2. The van der Waals surface area contributed by atoms with Crippen LogP contribution < -0.4 is 5.32 Å². The molecule has 0 bridgehead atoms. The van der Waals surface area contributed by atoms with Gasteiger partial charge in [0.1, 0.15) is 0 Å². The zero-order chi connectivity index (χ0) is 16.5. The number of thioether (sulfide) groups is 1. The number of hydrogen-bond donors (Lipinski definition) is 1. The molecule has 0 aliphatic carbocycles. The molecule has 0 radical (unpaired) electrons. The maximum Gasteiger partial charge on any atom is 0.316 e. The fraction of sp³-hybridized carbons (Fsp3) is 0.429. The average molecular weight is 372 g/mol. The molecule has 0 spiro atoms. The van der Waals surface area contributed by atoms with Crippen molar-refractivity contribution < 1.29 is 14.3 Å². The van der Waals surface area contributed by atoms with Gasteiger partial charge in [0, 0.05) is 11.3 Å². The maximum absolute atomic E-state index is 11.9. The van der Waals surface area contributed by atoms with Gasteiger partial charge < -0.3 is 10.1 Å². The molecule has 0 aliphatic heterocycles. The summed E-state index contributed by atoms with van der Waals surface area (Å²) in [6, 6.07) is 4.08. The van der Waals surface area contributed by atoms with Crippen molar-refractivity contribution in [3.8, 4) is 0 Å². The third kappa shape index (κ3) is 6.67. The number of thiophene rings is 1. The summed E-state index contributed by atoms with van der Waals surface area (Å²) in [5, 5.41) is 13.1. The number of carbonyl (C=O) groups excluding carboxylic acids is 2. The van der Waals surface area contributed by atoms with Gasteiger partial charge in [-0.25, -0.2) is 0 Å². The van der Waals surface area contributed by atoms with Crippen LogP contribution in [-0.2, 0) is 20.7 Å². The van der Waals surface area contributed by atoms with Crippen molar-refractivity contribution in [2.45, 2.75) is 30.5 Å². The molecule has 2 rings (SSSR count). The molecule has 2 aromatic rings. The molecule has 9 heteroatoms. The molecule has 0 aliphatic rings. The van der Waals surface area contributed by atoms with Gasteiger partial charge in [-0.15, -0.1) is 21.5 Å². The van der Waals surface area contributed by atoms with Crippen molar-refractivity contribution in [2.75, 3.05) is 17.7 Å². The molecule has 2 heterocycles. The smallest absolute Gasteiger partial charge is 0.316 e. The number of ether oxygens (including phenoxy) is 1. The van der Waals surface area contributed by atoms with Crippen LogP contribution in [0, 0.1) is 0 Å². The van der Waals surface area contributed by atoms with Crippen LogP contribution in [0.4, 0.5) is 5.13 Å². The zero-order valence-electron chi connectivity index (χ0n) is 12.6. The van der Waals surface area contributed by atoms with Crippen LogP contribution >= 0.6 is 34.4 Å². The van der Waals surface area contributed by atoms with E-state index in [1.54, 1.807) is 18.3 Å². The van der Waals surface area contributed by atoms with Crippen LogP contribution in [0.2, 0.25) is 0 Å². The predicted molar refractivity (Wildman–Crippen MR) is 93.2 cm³/mol. The Morgan fingerprint density at radius 1 is 1.39 bits per heavy atom. The molecule has 0 saturated carbocycles. The Kier molecular flexibility index (Phi) is 7.50.